The van der Waals surface area contributed by atoms with Gasteiger partial charge in [-0.25, -0.2) is 14.8 Å². The monoisotopic (exact) mass is 433 g/mol. The lowest BCUT2D eigenvalue weighted by molar-refractivity contribution is -0.144. The SMILES string of the molecule is CCOC(=O)[C@H]1O[C@@H]1C(=O)N(c1ccccc1)N(CC)C(=O)[C@H](CC(C)C)NC(C)=O. The van der Waals surface area contributed by atoms with Crippen molar-refractivity contribution < 1.29 is 28.7 Å². The first-order valence-electron chi connectivity index (χ1n) is 10.5. The van der Waals surface area contributed by atoms with E-state index < -0.39 is 36.0 Å². The van der Waals surface area contributed by atoms with Gasteiger partial charge in [0.25, 0.3) is 11.8 Å². The standard InChI is InChI=1S/C22H31N3O6/c1-6-24(20(27)17(13-14(3)4)23-15(5)26)25(16-11-9-8-10-12-16)21(28)18-19(31-18)22(29)30-7-2/h8-12,14,17-19H,6-7,13H2,1-5H3,(H,23,26)/t17-,18-,19-/m0/s1. The molecule has 1 heterocycles. The van der Waals surface area contributed by atoms with Gasteiger partial charge in [-0.05, 0) is 38.3 Å². The van der Waals surface area contributed by atoms with Crippen molar-refractivity contribution in [3.05, 3.63) is 30.3 Å². The molecule has 0 aromatic heterocycles. The Morgan fingerprint density at radius 1 is 1.10 bits per heavy atom. The number of para-hydroxylation sites is 1. The number of nitrogens with zero attached hydrogens (tertiary/aromatic N) is 2. The van der Waals surface area contributed by atoms with Crippen LogP contribution in [0.25, 0.3) is 0 Å². The Kier molecular flexibility index (Phi) is 8.56. The molecule has 0 bridgehead atoms. The summed E-state index contributed by atoms with van der Waals surface area (Å²) < 4.78 is 10.2. The zero-order valence-electron chi connectivity index (χ0n) is 18.7. The van der Waals surface area contributed by atoms with Crippen LogP contribution in [0.3, 0.4) is 0 Å². The summed E-state index contributed by atoms with van der Waals surface area (Å²) in [7, 11) is 0. The van der Waals surface area contributed by atoms with Crippen LogP contribution in [0.5, 0.6) is 0 Å². The number of hydrogen-bond donors (Lipinski definition) is 1. The van der Waals surface area contributed by atoms with Crippen molar-refractivity contribution in [2.75, 3.05) is 18.2 Å². The molecular weight excluding hydrogens is 402 g/mol. The van der Waals surface area contributed by atoms with Crippen molar-refractivity contribution in [1.29, 1.82) is 0 Å². The minimum atomic E-state index is -1.04. The quantitative estimate of drug-likeness (QED) is 0.360. The zero-order valence-corrected chi connectivity index (χ0v) is 18.7. The average molecular weight is 434 g/mol. The number of carbonyl (C=O) groups excluding carboxylic acids is 4. The number of likely N-dealkylation sites (N-methyl/N-ethyl adjacent to an activating group) is 1. The fourth-order valence-corrected chi connectivity index (χ4v) is 3.29. The van der Waals surface area contributed by atoms with E-state index in [1.807, 2.05) is 13.8 Å². The second kappa shape index (κ2) is 10.9. The van der Waals surface area contributed by atoms with E-state index in [9.17, 15) is 19.2 Å². The number of hydrogen-bond acceptors (Lipinski definition) is 6. The molecule has 0 aliphatic carbocycles. The van der Waals surface area contributed by atoms with Gasteiger partial charge in [0.15, 0.2) is 12.2 Å². The average Bonchev–Trinajstić information content (AvgIpc) is 3.52. The highest BCUT2D eigenvalue weighted by atomic mass is 16.6. The van der Waals surface area contributed by atoms with E-state index in [4.69, 9.17) is 9.47 Å². The molecule has 1 aromatic carbocycles. The molecule has 1 aromatic rings. The van der Waals surface area contributed by atoms with Gasteiger partial charge in [0.05, 0.1) is 12.3 Å². The lowest BCUT2D eigenvalue weighted by Gasteiger charge is -2.36. The molecule has 1 N–H and O–H groups in total. The topological polar surface area (TPSA) is 109 Å². The van der Waals surface area contributed by atoms with Crippen molar-refractivity contribution in [2.24, 2.45) is 5.92 Å². The van der Waals surface area contributed by atoms with Crippen LogP contribution in [0, 0.1) is 5.92 Å². The third kappa shape index (κ3) is 6.27. The zero-order chi connectivity index (χ0) is 23.1. The Balaban J connectivity index is 2.35. The summed E-state index contributed by atoms with van der Waals surface area (Å²) in [5, 5.41) is 5.19. The number of carbonyl (C=O) groups is 4. The number of nitrogens with one attached hydrogen (secondary N) is 1. The van der Waals surface area contributed by atoms with Gasteiger partial charge in [-0.1, -0.05) is 32.0 Å². The maximum Gasteiger partial charge on any atom is 0.338 e. The van der Waals surface area contributed by atoms with Gasteiger partial charge in [0.1, 0.15) is 6.04 Å². The number of amides is 3. The van der Waals surface area contributed by atoms with Crippen molar-refractivity contribution >= 4 is 29.4 Å². The molecule has 1 fully saturated rings. The number of epoxide rings is 1. The molecule has 2 rings (SSSR count). The number of rotatable bonds is 9. The summed E-state index contributed by atoms with van der Waals surface area (Å²) in [5.41, 5.74) is 0.451. The Hall–Kier alpha value is -2.94. The predicted molar refractivity (Wildman–Crippen MR) is 114 cm³/mol. The molecular formula is C22H31N3O6. The van der Waals surface area contributed by atoms with Crippen molar-refractivity contribution in [2.45, 2.75) is 59.3 Å². The fraction of sp³-hybridized carbons (Fsp3) is 0.545. The van der Waals surface area contributed by atoms with E-state index in [-0.39, 0.29) is 25.0 Å². The van der Waals surface area contributed by atoms with Crippen LogP contribution in [0.2, 0.25) is 0 Å². The maximum absolute atomic E-state index is 13.4. The Morgan fingerprint density at radius 3 is 2.26 bits per heavy atom. The highest BCUT2D eigenvalue weighted by Crippen LogP contribution is 2.29. The van der Waals surface area contributed by atoms with Gasteiger partial charge in [0, 0.05) is 13.5 Å². The first-order chi connectivity index (χ1) is 14.7. The molecule has 0 saturated carbocycles. The van der Waals surface area contributed by atoms with Crippen LogP contribution in [0.15, 0.2) is 30.3 Å². The summed E-state index contributed by atoms with van der Waals surface area (Å²) in [6.45, 7) is 8.99. The normalized spacial score (nSPS) is 18.1. The fourth-order valence-electron chi connectivity index (χ4n) is 3.29. The molecule has 1 aliphatic rings. The minimum Gasteiger partial charge on any atom is -0.464 e. The Bertz CT molecular complexity index is 798. The highest BCUT2D eigenvalue weighted by molar-refractivity contribution is 6.04. The van der Waals surface area contributed by atoms with Crippen LogP contribution in [-0.2, 0) is 28.7 Å². The van der Waals surface area contributed by atoms with Gasteiger partial charge >= 0.3 is 5.97 Å². The van der Waals surface area contributed by atoms with Crippen molar-refractivity contribution in [3.63, 3.8) is 0 Å². The lowest BCUT2D eigenvalue weighted by Crippen LogP contribution is -2.58. The lowest BCUT2D eigenvalue weighted by atomic mass is 10.0. The first kappa shape index (κ1) is 24.3. The molecule has 9 heteroatoms. The predicted octanol–water partition coefficient (Wildman–Crippen LogP) is 1.66. The van der Waals surface area contributed by atoms with Crippen LogP contribution in [0.1, 0.15) is 41.0 Å². The maximum atomic E-state index is 13.4. The van der Waals surface area contributed by atoms with Crippen molar-refractivity contribution in [1.82, 2.24) is 10.3 Å². The van der Waals surface area contributed by atoms with Gasteiger partial charge in [0.2, 0.25) is 5.91 Å². The highest BCUT2D eigenvalue weighted by Gasteiger charge is 2.54. The van der Waals surface area contributed by atoms with Crippen LogP contribution < -0.4 is 10.3 Å². The van der Waals surface area contributed by atoms with Gasteiger partial charge in [-0.2, -0.15) is 0 Å². The number of benzene rings is 1. The molecule has 0 unspecified atom stereocenters. The van der Waals surface area contributed by atoms with Crippen LogP contribution >= 0.6 is 0 Å². The smallest absolute Gasteiger partial charge is 0.338 e. The largest absolute Gasteiger partial charge is 0.464 e. The second-order valence-corrected chi connectivity index (χ2v) is 7.65. The number of anilines is 1. The summed E-state index contributed by atoms with van der Waals surface area (Å²) in [5.74, 6) is -1.78. The van der Waals surface area contributed by atoms with Crippen LogP contribution in [-0.4, -0.2) is 60.1 Å². The van der Waals surface area contributed by atoms with E-state index in [2.05, 4.69) is 5.32 Å². The molecule has 170 valence electrons. The molecule has 0 spiro atoms. The summed E-state index contributed by atoms with van der Waals surface area (Å²) in [6.07, 6.45) is -1.61. The molecule has 9 nitrogen and oxygen atoms in total. The molecule has 1 aliphatic heterocycles. The summed E-state index contributed by atoms with van der Waals surface area (Å²) >= 11 is 0. The number of hydrazine groups is 1. The Labute approximate surface area is 182 Å². The van der Waals surface area contributed by atoms with Crippen LogP contribution in [0.4, 0.5) is 5.69 Å². The van der Waals surface area contributed by atoms with E-state index in [1.165, 1.54) is 16.9 Å². The third-order valence-corrected chi connectivity index (χ3v) is 4.64. The molecule has 3 amide bonds. The van der Waals surface area contributed by atoms with E-state index in [0.29, 0.717) is 12.1 Å². The van der Waals surface area contributed by atoms with Gasteiger partial charge in [-0.3, -0.25) is 14.4 Å². The van der Waals surface area contributed by atoms with Crippen molar-refractivity contribution in [3.8, 4) is 0 Å². The molecule has 1 saturated heterocycles. The van der Waals surface area contributed by atoms with Gasteiger partial charge < -0.3 is 14.8 Å². The van der Waals surface area contributed by atoms with E-state index in [0.717, 1.165) is 0 Å². The third-order valence-electron chi connectivity index (χ3n) is 4.64. The molecule has 3 atom stereocenters. The molecule has 0 radical (unpaired) electrons. The van der Waals surface area contributed by atoms with E-state index >= 15 is 0 Å². The molecule has 31 heavy (non-hydrogen) atoms. The Morgan fingerprint density at radius 2 is 1.74 bits per heavy atom. The summed E-state index contributed by atoms with van der Waals surface area (Å²) in [6, 6.07) is 7.85. The van der Waals surface area contributed by atoms with Gasteiger partial charge in [-0.15, -0.1) is 0 Å². The number of ether oxygens (including phenoxy) is 2. The van der Waals surface area contributed by atoms with E-state index in [1.54, 1.807) is 44.2 Å². The first-order valence-corrected chi connectivity index (χ1v) is 10.5. The second-order valence-electron chi connectivity index (χ2n) is 7.65. The summed E-state index contributed by atoms with van der Waals surface area (Å²) in [4.78, 5) is 50.4. The minimum absolute atomic E-state index is 0.139. The number of esters is 1.